The molecule has 0 radical (unpaired) electrons. The van der Waals surface area contributed by atoms with Gasteiger partial charge in [-0.3, -0.25) is 0 Å². The van der Waals surface area contributed by atoms with Gasteiger partial charge in [0, 0.05) is 0 Å². The molecular formula is C24H20N2O3S. The Balaban J connectivity index is 1.79. The highest BCUT2D eigenvalue weighted by molar-refractivity contribution is 7.88. The summed E-state index contributed by atoms with van der Waals surface area (Å²) in [5.41, 5.74) is 2.14. The molecule has 30 heavy (non-hydrogen) atoms. The second-order valence-electron chi connectivity index (χ2n) is 6.43. The molecule has 0 spiro atoms. The third-order valence-corrected chi connectivity index (χ3v) is 5.56. The van der Waals surface area contributed by atoms with Gasteiger partial charge in [0.1, 0.15) is 0 Å². The Morgan fingerprint density at radius 1 is 0.467 bits per heavy atom. The summed E-state index contributed by atoms with van der Waals surface area (Å²) in [6, 6.07) is 35.9. The van der Waals surface area contributed by atoms with E-state index in [1.807, 2.05) is 48.5 Å². The first kappa shape index (κ1) is 19.7. The van der Waals surface area contributed by atoms with Crippen molar-refractivity contribution < 1.29 is 12.7 Å². The van der Waals surface area contributed by atoms with Crippen LogP contribution in [0.2, 0.25) is 0 Å². The lowest BCUT2D eigenvalue weighted by molar-refractivity contribution is 0.324. The van der Waals surface area contributed by atoms with E-state index in [4.69, 9.17) is 4.28 Å². The van der Waals surface area contributed by atoms with Crippen LogP contribution in [0.25, 0.3) is 0 Å². The highest BCUT2D eigenvalue weighted by atomic mass is 32.2. The highest BCUT2D eigenvalue weighted by Crippen LogP contribution is 2.33. The molecule has 150 valence electrons. The van der Waals surface area contributed by atoms with E-state index >= 15 is 0 Å². The molecule has 0 aliphatic rings. The summed E-state index contributed by atoms with van der Waals surface area (Å²) in [6.07, 6.45) is 0. The summed E-state index contributed by atoms with van der Waals surface area (Å²) in [5, 5.41) is 1.31. The quantitative estimate of drug-likeness (QED) is 0.355. The standard InChI is InChI=1S/C24H20N2O3S/c27-30(28,26(23-17-9-3-10-18-23)24-19-11-4-12-20-24)29-25(21-13-5-1-6-14-21)22-15-7-2-8-16-22/h1-20H. The average Bonchev–Trinajstić information content (AvgIpc) is 2.80. The predicted molar refractivity (Wildman–Crippen MR) is 120 cm³/mol. The van der Waals surface area contributed by atoms with Gasteiger partial charge in [-0.25, -0.2) is 9.37 Å². The minimum Gasteiger partial charge on any atom is -0.214 e. The van der Waals surface area contributed by atoms with E-state index in [2.05, 4.69) is 0 Å². The van der Waals surface area contributed by atoms with Gasteiger partial charge in [-0.2, -0.15) is 8.42 Å². The zero-order chi connectivity index (χ0) is 20.8. The van der Waals surface area contributed by atoms with Crippen molar-refractivity contribution in [3.63, 3.8) is 0 Å². The van der Waals surface area contributed by atoms with Gasteiger partial charge in [-0.1, -0.05) is 72.8 Å². The molecule has 0 amide bonds. The molecule has 6 heteroatoms. The maximum Gasteiger partial charge on any atom is 0.388 e. The fourth-order valence-corrected chi connectivity index (χ4v) is 4.21. The Kier molecular flexibility index (Phi) is 5.79. The number of para-hydroxylation sites is 4. The van der Waals surface area contributed by atoms with Gasteiger partial charge >= 0.3 is 10.3 Å². The van der Waals surface area contributed by atoms with Gasteiger partial charge in [0.05, 0.1) is 22.7 Å². The molecule has 0 N–H and O–H groups in total. The van der Waals surface area contributed by atoms with Crippen LogP contribution < -0.4 is 9.37 Å². The Hall–Kier alpha value is -3.61. The lowest BCUT2D eigenvalue weighted by Gasteiger charge is -2.28. The van der Waals surface area contributed by atoms with Gasteiger partial charge in [0.2, 0.25) is 0 Å². The summed E-state index contributed by atoms with van der Waals surface area (Å²) in [5.74, 6) is 0. The number of anilines is 4. The van der Waals surface area contributed by atoms with E-state index in [0.717, 1.165) is 0 Å². The molecule has 0 saturated heterocycles. The SMILES string of the molecule is O=S(=O)(ON(c1ccccc1)c1ccccc1)N(c1ccccc1)c1ccccc1. The molecule has 0 aliphatic heterocycles. The first-order valence-corrected chi connectivity index (χ1v) is 10.8. The van der Waals surface area contributed by atoms with E-state index in [1.165, 1.54) is 9.37 Å². The Labute approximate surface area is 176 Å². The lowest BCUT2D eigenvalue weighted by Crippen LogP contribution is -2.33. The van der Waals surface area contributed by atoms with Crippen LogP contribution in [0.5, 0.6) is 0 Å². The van der Waals surface area contributed by atoms with E-state index < -0.39 is 10.3 Å². The minimum absolute atomic E-state index is 0.477. The molecule has 5 nitrogen and oxygen atoms in total. The normalized spacial score (nSPS) is 11.1. The second kappa shape index (κ2) is 8.82. The summed E-state index contributed by atoms with van der Waals surface area (Å²) in [7, 11) is -4.26. The molecule has 0 saturated carbocycles. The monoisotopic (exact) mass is 416 g/mol. The third kappa shape index (κ3) is 4.35. The number of benzene rings is 4. The van der Waals surface area contributed by atoms with Crippen molar-refractivity contribution in [2.45, 2.75) is 0 Å². The van der Waals surface area contributed by atoms with Crippen molar-refractivity contribution in [3.8, 4) is 0 Å². The molecule has 0 bridgehead atoms. The smallest absolute Gasteiger partial charge is 0.214 e. The van der Waals surface area contributed by atoms with Crippen LogP contribution in [-0.4, -0.2) is 8.42 Å². The number of hydrogen-bond donors (Lipinski definition) is 0. The number of nitrogens with zero attached hydrogens (tertiary/aromatic N) is 2. The predicted octanol–water partition coefficient (Wildman–Crippen LogP) is 5.84. The molecular weight excluding hydrogens is 396 g/mol. The highest BCUT2D eigenvalue weighted by Gasteiger charge is 2.29. The molecule has 0 fully saturated rings. The average molecular weight is 417 g/mol. The number of rotatable bonds is 7. The van der Waals surface area contributed by atoms with Crippen LogP contribution in [0.15, 0.2) is 121 Å². The molecule has 4 aromatic carbocycles. The first-order chi connectivity index (χ1) is 14.6. The molecule has 0 heterocycles. The topological polar surface area (TPSA) is 49.9 Å². The number of hydrogen-bond acceptors (Lipinski definition) is 4. The van der Waals surface area contributed by atoms with Crippen molar-refractivity contribution in [2.75, 3.05) is 9.37 Å². The van der Waals surface area contributed by atoms with Gasteiger partial charge in [0.25, 0.3) is 0 Å². The third-order valence-electron chi connectivity index (χ3n) is 4.36. The van der Waals surface area contributed by atoms with Crippen molar-refractivity contribution in [1.29, 1.82) is 0 Å². The van der Waals surface area contributed by atoms with Crippen LogP contribution >= 0.6 is 0 Å². The summed E-state index contributed by atoms with van der Waals surface area (Å²) >= 11 is 0. The van der Waals surface area contributed by atoms with Crippen LogP contribution in [0.1, 0.15) is 0 Å². The van der Waals surface area contributed by atoms with E-state index in [0.29, 0.717) is 22.7 Å². The van der Waals surface area contributed by atoms with Crippen molar-refractivity contribution >= 4 is 33.1 Å². The van der Waals surface area contributed by atoms with Gasteiger partial charge in [-0.15, -0.1) is 4.28 Å². The minimum atomic E-state index is -4.26. The molecule has 4 rings (SSSR count). The summed E-state index contributed by atoms with van der Waals surface area (Å²) < 4.78 is 34.0. The van der Waals surface area contributed by atoms with Crippen LogP contribution in [0, 0.1) is 0 Å². The van der Waals surface area contributed by atoms with E-state index in [9.17, 15) is 8.42 Å². The first-order valence-electron chi connectivity index (χ1n) is 9.40. The van der Waals surface area contributed by atoms with Gasteiger partial charge in [0.15, 0.2) is 0 Å². The Bertz CT molecular complexity index is 1090. The van der Waals surface area contributed by atoms with Gasteiger partial charge < -0.3 is 0 Å². The maximum absolute atomic E-state index is 13.6. The van der Waals surface area contributed by atoms with Crippen molar-refractivity contribution in [3.05, 3.63) is 121 Å². The maximum atomic E-state index is 13.6. The Morgan fingerprint density at radius 2 is 0.767 bits per heavy atom. The van der Waals surface area contributed by atoms with Crippen LogP contribution in [0.3, 0.4) is 0 Å². The molecule has 0 aliphatic carbocycles. The van der Waals surface area contributed by atoms with Crippen LogP contribution in [0.4, 0.5) is 22.7 Å². The van der Waals surface area contributed by atoms with Crippen molar-refractivity contribution in [2.24, 2.45) is 0 Å². The molecule has 0 aromatic heterocycles. The second-order valence-corrected chi connectivity index (χ2v) is 7.80. The van der Waals surface area contributed by atoms with E-state index in [-0.39, 0.29) is 0 Å². The Morgan fingerprint density at radius 3 is 1.10 bits per heavy atom. The fraction of sp³-hybridized carbons (Fsp3) is 0. The molecule has 4 aromatic rings. The van der Waals surface area contributed by atoms with Crippen LogP contribution in [-0.2, 0) is 14.6 Å². The largest absolute Gasteiger partial charge is 0.388 e. The lowest BCUT2D eigenvalue weighted by atomic mass is 10.2. The molecule has 0 atom stereocenters. The zero-order valence-electron chi connectivity index (χ0n) is 16.1. The zero-order valence-corrected chi connectivity index (χ0v) is 16.9. The van der Waals surface area contributed by atoms with Crippen molar-refractivity contribution in [1.82, 2.24) is 0 Å². The fourth-order valence-electron chi connectivity index (χ4n) is 3.02. The summed E-state index contributed by atoms with van der Waals surface area (Å²) in [6.45, 7) is 0. The molecule has 0 unspecified atom stereocenters. The summed E-state index contributed by atoms with van der Waals surface area (Å²) in [4.78, 5) is 0. The van der Waals surface area contributed by atoms with Gasteiger partial charge in [-0.05, 0) is 48.5 Å². The van der Waals surface area contributed by atoms with E-state index in [1.54, 1.807) is 72.8 Å².